The Hall–Kier alpha value is -3.74. The molecule has 0 saturated carbocycles. The lowest BCUT2D eigenvalue weighted by molar-refractivity contribution is 0.145. The van der Waals surface area contributed by atoms with Crippen LogP contribution in [0.5, 0.6) is 11.5 Å². The van der Waals surface area contributed by atoms with Gasteiger partial charge >= 0.3 is 0 Å². The molecule has 1 aromatic heterocycles. The molecular formula is C29H30N6O2S. The molecule has 0 spiro atoms. The number of fused-ring (bicyclic) bond motifs is 3. The minimum Gasteiger partial charge on any atom is -0.454 e. The summed E-state index contributed by atoms with van der Waals surface area (Å²) in [6, 6.07) is 17.1. The van der Waals surface area contributed by atoms with Crippen molar-refractivity contribution in [2.45, 2.75) is 30.0 Å². The van der Waals surface area contributed by atoms with Gasteiger partial charge in [-0.2, -0.15) is 5.26 Å². The largest absolute Gasteiger partial charge is 0.454 e. The molecule has 1 fully saturated rings. The number of aryl methyl sites for hydroxylation is 1. The first kappa shape index (κ1) is 24.6. The van der Waals surface area contributed by atoms with E-state index in [0.717, 1.165) is 61.1 Å². The highest BCUT2D eigenvalue weighted by Gasteiger charge is 2.33. The first-order chi connectivity index (χ1) is 18.7. The van der Waals surface area contributed by atoms with Gasteiger partial charge < -0.3 is 14.4 Å². The van der Waals surface area contributed by atoms with E-state index in [1.54, 1.807) is 0 Å². The lowest BCUT2D eigenvalue weighted by Gasteiger charge is -2.40. The van der Waals surface area contributed by atoms with E-state index in [9.17, 15) is 5.26 Å². The maximum atomic E-state index is 9.40. The van der Waals surface area contributed by atoms with E-state index in [2.05, 4.69) is 52.5 Å². The third-order valence-electron chi connectivity index (χ3n) is 7.28. The lowest BCUT2D eigenvalue weighted by Crippen LogP contribution is -2.52. The third kappa shape index (κ3) is 5.02. The smallest absolute Gasteiger partial charge is 0.231 e. The molecule has 9 heteroatoms. The van der Waals surface area contributed by atoms with Gasteiger partial charge in [0, 0.05) is 49.6 Å². The normalized spacial score (nSPS) is 18.8. The highest BCUT2D eigenvalue weighted by Crippen LogP contribution is 2.42. The van der Waals surface area contributed by atoms with Crippen molar-refractivity contribution in [1.82, 2.24) is 20.1 Å². The Bertz CT molecular complexity index is 1400. The van der Waals surface area contributed by atoms with Gasteiger partial charge in [-0.1, -0.05) is 24.3 Å². The van der Waals surface area contributed by atoms with E-state index < -0.39 is 0 Å². The van der Waals surface area contributed by atoms with Crippen molar-refractivity contribution in [2.24, 2.45) is 4.99 Å². The Labute approximate surface area is 227 Å². The minimum atomic E-state index is 0.120. The maximum Gasteiger partial charge on any atom is 0.231 e. The van der Waals surface area contributed by atoms with Crippen LogP contribution in [-0.4, -0.2) is 60.3 Å². The Morgan fingerprint density at radius 3 is 2.87 bits per heavy atom. The molecule has 0 aliphatic carbocycles. The zero-order chi connectivity index (χ0) is 25.9. The number of thioether (sulfide) groups is 1. The molecule has 1 saturated heterocycles. The van der Waals surface area contributed by atoms with E-state index in [0.29, 0.717) is 12.5 Å². The van der Waals surface area contributed by atoms with Crippen molar-refractivity contribution < 1.29 is 9.47 Å². The zero-order valence-electron chi connectivity index (χ0n) is 21.4. The number of hydrogen-bond acceptors (Lipinski definition) is 7. The molecule has 3 aromatic rings. The SMILES string of the molecule is Cc1ccc2c(c1)SCc1cccnc1C2N1CCN(C(=NCCc2ccc3c(c2)OCO3)NC#N)CC1. The molecule has 0 radical (unpaired) electrons. The summed E-state index contributed by atoms with van der Waals surface area (Å²) in [4.78, 5) is 15.7. The second kappa shape index (κ2) is 10.9. The lowest BCUT2D eigenvalue weighted by atomic mass is 9.96. The van der Waals surface area contributed by atoms with Crippen molar-refractivity contribution >= 4 is 17.7 Å². The number of aliphatic imine (C=N–C) groups is 1. The standard InChI is InChI=1S/C29H30N6O2S/c1-20-4-6-23-26(15-20)38-17-22-3-2-9-31-27(22)28(23)34-11-13-35(14-12-34)29(33-18-30)32-10-8-21-5-7-24-25(16-21)37-19-36-24/h2-7,9,15-16,28H,8,10-14,17,19H2,1H3,(H,32,33). The van der Waals surface area contributed by atoms with Crippen molar-refractivity contribution in [2.75, 3.05) is 39.5 Å². The second-order valence-corrected chi connectivity index (χ2v) is 10.7. The van der Waals surface area contributed by atoms with Crippen LogP contribution in [0.15, 0.2) is 64.6 Å². The van der Waals surface area contributed by atoms with Gasteiger partial charge in [0.1, 0.15) is 0 Å². The Morgan fingerprint density at radius 2 is 2.00 bits per heavy atom. The van der Waals surface area contributed by atoms with Gasteiger partial charge in [0.05, 0.1) is 11.7 Å². The van der Waals surface area contributed by atoms with Gasteiger partial charge in [-0.25, -0.2) is 0 Å². The van der Waals surface area contributed by atoms with Crippen LogP contribution >= 0.6 is 11.8 Å². The van der Waals surface area contributed by atoms with Crippen LogP contribution in [0, 0.1) is 18.4 Å². The van der Waals surface area contributed by atoms with Gasteiger partial charge in [0.2, 0.25) is 12.8 Å². The van der Waals surface area contributed by atoms with Crippen LogP contribution in [0.3, 0.4) is 0 Å². The molecule has 0 bridgehead atoms. The van der Waals surface area contributed by atoms with Gasteiger partial charge in [-0.05, 0) is 59.9 Å². The summed E-state index contributed by atoms with van der Waals surface area (Å²) < 4.78 is 10.9. The average molecular weight is 527 g/mol. The molecule has 1 N–H and O–H groups in total. The number of guanidine groups is 1. The fourth-order valence-corrected chi connectivity index (χ4v) is 6.50. The van der Waals surface area contributed by atoms with E-state index in [4.69, 9.17) is 19.5 Å². The first-order valence-corrected chi connectivity index (χ1v) is 13.9. The molecule has 38 heavy (non-hydrogen) atoms. The fraction of sp³-hybridized carbons (Fsp3) is 0.345. The highest BCUT2D eigenvalue weighted by atomic mass is 32.2. The van der Waals surface area contributed by atoms with E-state index in [-0.39, 0.29) is 12.8 Å². The maximum absolute atomic E-state index is 9.40. The molecule has 2 aromatic carbocycles. The van der Waals surface area contributed by atoms with Crippen LogP contribution in [0.4, 0.5) is 0 Å². The second-order valence-electron chi connectivity index (χ2n) is 9.68. The Morgan fingerprint density at radius 1 is 1.13 bits per heavy atom. The topological polar surface area (TPSA) is 86.0 Å². The van der Waals surface area contributed by atoms with E-state index >= 15 is 0 Å². The van der Waals surface area contributed by atoms with Crippen LogP contribution in [-0.2, 0) is 12.2 Å². The number of rotatable bonds is 4. The number of benzene rings is 2. The summed E-state index contributed by atoms with van der Waals surface area (Å²) in [5.41, 5.74) is 6.20. The van der Waals surface area contributed by atoms with Gasteiger partial charge in [-0.3, -0.25) is 20.2 Å². The first-order valence-electron chi connectivity index (χ1n) is 12.9. The Balaban J connectivity index is 1.16. The number of pyridine rings is 1. The minimum absolute atomic E-state index is 0.120. The molecule has 3 aliphatic heterocycles. The van der Waals surface area contributed by atoms with Gasteiger partial charge in [0.15, 0.2) is 17.7 Å². The van der Waals surface area contributed by atoms with Crippen molar-refractivity contribution in [3.05, 3.63) is 82.7 Å². The van der Waals surface area contributed by atoms with Crippen LogP contribution < -0.4 is 14.8 Å². The number of aromatic nitrogens is 1. The van der Waals surface area contributed by atoms with Gasteiger partial charge in [0.25, 0.3) is 0 Å². The molecule has 4 heterocycles. The summed E-state index contributed by atoms with van der Waals surface area (Å²) in [6.45, 7) is 6.27. The quantitative estimate of drug-likeness (QED) is 0.235. The molecule has 194 valence electrons. The summed E-state index contributed by atoms with van der Waals surface area (Å²) in [5.74, 6) is 3.13. The van der Waals surface area contributed by atoms with E-state index in [1.807, 2.05) is 42.2 Å². The van der Waals surface area contributed by atoms with Crippen LogP contribution in [0.25, 0.3) is 0 Å². The molecule has 1 unspecified atom stereocenters. The van der Waals surface area contributed by atoms with Crippen LogP contribution in [0.2, 0.25) is 0 Å². The van der Waals surface area contributed by atoms with Crippen molar-refractivity contribution in [3.63, 3.8) is 0 Å². The average Bonchev–Trinajstić information content (AvgIpc) is 3.35. The molecule has 6 rings (SSSR count). The highest BCUT2D eigenvalue weighted by molar-refractivity contribution is 7.98. The summed E-state index contributed by atoms with van der Waals surface area (Å²) >= 11 is 1.90. The number of hydrogen-bond donors (Lipinski definition) is 1. The van der Waals surface area contributed by atoms with Crippen LogP contribution in [0.1, 0.15) is 34.0 Å². The Kier molecular flexibility index (Phi) is 7.08. The predicted octanol–water partition coefficient (Wildman–Crippen LogP) is 4.10. The number of ether oxygens (including phenoxy) is 2. The number of nitrogens with zero attached hydrogens (tertiary/aromatic N) is 5. The predicted molar refractivity (Wildman–Crippen MR) is 147 cm³/mol. The van der Waals surface area contributed by atoms with E-state index in [1.165, 1.54) is 21.6 Å². The number of nitrogens with one attached hydrogen (secondary N) is 1. The molecule has 8 nitrogen and oxygen atoms in total. The molecule has 0 amide bonds. The van der Waals surface area contributed by atoms with Gasteiger partial charge in [-0.15, -0.1) is 11.8 Å². The summed E-state index contributed by atoms with van der Waals surface area (Å²) in [7, 11) is 0. The summed E-state index contributed by atoms with van der Waals surface area (Å²) in [6.07, 6.45) is 4.74. The summed E-state index contributed by atoms with van der Waals surface area (Å²) in [5, 5.41) is 12.2. The zero-order valence-corrected chi connectivity index (χ0v) is 22.2. The molecule has 3 aliphatic rings. The number of nitriles is 1. The van der Waals surface area contributed by atoms with Crippen molar-refractivity contribution in [3.8, 4) is 17.7 Å². The molecule has 1 atom stereocenters. The fourth-order valence-electron chi connectivity index (χ4n) is 5.33. The van der Waals surface area contributed by atoms with Crippen molar-refractivity contribution in [1.29, 1.82) is 5.26 Å². The third-order valence-corrected chi connectivity index (χ3v) is 8.40. The monoisotopic (exact) mass is 526 g/mol. The molecular weight excluding hydrogens is 496 g/mol. The number of piperazine rings is 1.